The molecule has 0 radical (unpaired) electrons. The Hall–Kier alpha value is -1.91. The van der Waals surface area contributed by atoms with E-state index in [1.165, 1.54) is 13.2 Å². The highest BCUT2D eigenvalue weighted by Crippen LogP contribution is 2.19. The van der Waals surface area contributed by atoms with Crippen LogP contribution in [0.3, 0.4) is 0 Å². The molecule has 0 spiro atoms. The molecule has 0 aliphatic rings. The van der Waals surface area contributed by atoms with Crippen LogP contribution >= 0.6 is 0 Å². The number of H-pyrrole nitrogens is 1. The quantitative estimate of drug-likeness (QED) is 0.788. The van der Waals surface area contributed by atoms with Crippen LogP contribution in [0, 0.1) is 5.82 Å². The first-order valence-corrected chi connectivity index (χ1v) is 4.02. The van der Waals surface area contributed by atoms with E-state index >= 15 is 0 Å². The molecule has 1 aromatic carbocycles. The minimum Gasteiger partial charge on any atom is -0.466 e. The zero-order valence-electron chi connectivity index (χ0n) is 7.49. The Kier molecular flexibility index (Phi) is 2.14. The van der Waals surface area contributed by atoms with Crippen LogP contribution in [0.1, 0.15) is 0 Å². The van der Waals surface area contributed by atoms with Crippen LogP contribution in [0.2, 0.25) is 0 Å². The van der Waals surface area contributed by atoms with Gasteiger partial charge in [0, 0.05) is 0 Å². The predicted octanol–water partition coefficient (Wildman–Crippen LogP) is 1.62. The second-order valence-corrected chi connectivity index (χ2v) is 2.65. The molecule has 0 unspecified atom stereocenters. The van der Waals surface area contributed by atoms with Gasteiger partial charge in [0.05, 0.1) is 12.7 Å². The third-order valence-corrected chi connectivity index (χ3v) is 1.78. The van der Waals surface area contributed by atoms with Gasteiger partial charge >= 0.3 is 6.01 Å². The topological polar surface area (TPSA) is 50.8 Å². The summed E-state index contributed by atoms with van der Waals surface area (Å²) in [5.74, 6) is 0.0197. The van der Waals surface area contributed by atoms with Crippen LogP contribution in [0.5, 0.6) is 6.01 Å². The lowest BCUT2D eigenvalue weighted by atomic mass is 10.2. The molecule has 14 heavy (non-hydrogen) atoms. The average molecular weight is 193 g/mol. The van der Waals surface area contributed by atoms with Gasteiger partial charge in [0.15, 0.2) is 5.82 Å². The fourth-order valence-corrected chi connectivity index (χ4v) is 1.11. The molecule has 0 saturated heterocycles. The molecule has 1 aromatic heterocycles. The third-order valence-electron chi connectivity index (χ3n) is 1.78. The highest BCUT2D eigenvalue weighted by molar-refractivity contribution is 5.55. The largest absolute Gasteiger partial charge is 0.466 e. The van der Waals surface area contributed by atoms with Gasteiger partial charge in [-0.1, -0.05) is 12.1 Å². The fourth-order valence-electron chi connectivity index (χ4n) is 1.11. The van der Waals surface area contributed by atoms with E-state index in [0.717, 1.165) is 0 Å². The van der Waals surface area contributed by atoms with Gasteiger partial charge in [0.1, 0.15) is 5.82 Å². The van der Waals surface area contributed by atoms with E-state index in [1.807, 2.05) is 0 Å². The molecule has 1 N–H and O–H groups in total. The van der Waals surface area contributed by atoms with Crippen molar-refractivity contribution in [1.29, 1.82) is 0 Å². The van der Waals surface area contributed by atoms with Crippen molar-refractivity contribution in [2.24, 2.45) is 0 Å². The first kappa shape index (κ1) is 8.68. The van der Waals surface area contributed by atoms with E-state index in [1.54, 1.807) is 18.2 Å². The summed E-state index contributed by atoms with van der Waals surface area (Å²) in [7, 11) is 1.45. The second-order valence-electron chi connectivity index (χ2n) is 2.65. The maximum Gasteiger partial charge on any atom is 0.335 e. The number of aromatic amines is 1. The summed E-state index contributed by atoms with van der Waals surface area (Å²) in [6, 6.07) is 6.53. The summed E-state index contributed by atoms with van der Waals surface area (Å²) in [4.78, 5) is 3.93. The number of benzene rings is 1. The Morgan fingerprint density at radius 2 is 2.14 bits per heavy atom. The minimum absolute atomic E-state index is 0.197. The van der Waals surface area contributed by atoms with E-state index < -0.39 is 0 Å². The van der Waals surface area contributed by atoms with Gasteiger partial charge in [0.25, 0.3) is 0 Å². The van der Waals surface area contributed by atoms with Gasteiger partial charge in [-0.2, -0.15) is 4.98 Å². The van der Waals surface area contributed by atoms with E-state index in [-0.39, 0.29) is 11.8 Å². The van der Waals surface area contributed by atoms with Crippen LogP contribution < -0.4 is 4.74 Å². The molecule has 0 bridgehead atoms. The fraction of sp³-hybridized carbons (Fsp3) is 0.111. The van der Waals surface area contributed by atoms with Crippen LogP contribution in [0.4, 0.5) is 4.39 Å². The highest BCUT2D eigenvalue weighted by atomic mass is 19.1. The molecule has 0 saturated carbocycles. The van der Waals surface area contributed by atoms with Gasteiger partial charge in [-0.3, -0.25) is 5.10 Å². The number of nitrogens with one attached hydrogen (secondary N) is 1. The summed E-state index contributed by atoms with van der Waals surface area (Å²) < 4.78 is 18.0. The van der Waals surface area contributed by atoms with Gasteiger partial charge in [-0.15, -0.1) is 5.10 Å². The molecule has 0 aliphatic carbocycles. The van der Waals surface area contributed by atoms with Crippen LogP contribution in [-0.4, -0.2) is 22.3 Å². The molecular formula is C9H8FN3O. The number of hydrogen-bond donors (Lipinski definition) is 1. The second kappa shape index (κ2) is 3.45. The van der Waals surface area contributed by atoms with Crippen molar-refractivity contribution in [2.45, 2.75) is 0 Å². The van der Waals surface area contributed by atoms with Crippen molar-refractivity contribution in [2.75, 3.05) is 7.11 Å². The summed E-state index contributed by atoms with van der Waals surface area (Å²) in [6.07, 6.45) is 0. The highest BCUT2D eigenvalue weighted by Gasteiger charge is 2.08. The summed E-state index contributed by atoms with van der Waals surface area (Å²) in [5.41, 5.74) is 0.378. The number of ether oxygens (including phenoxy) is 1. The molecule has 72 valence electrons. The zero-order chi connectivity index (χ0) is 9.97. The third kappa shape index (κ3) is 1.44. The molecule has 4 nitrogen and oxygen atoms in total. The minimum atomic E-state index is -0.341. The number of methoxy groups -OCH3 is 1. The monoisotopic (exact) mass is 193 g/mol. The number of aromatic nitrogens is 3. The van der Waals surface area contributed by atoms with E-state index in [0.29, 0.717) is 11.4 Å². The Morgan fingerprint density at radius 3 is 2.79 bits per heavy atom. The Bertz CT molecular complexity index is 441. The predicted molar refractivity (Wildman–Crippen MR) is 48.3 cm³/mol. The van der Waals surface area contributed by atoms with E-state index in [4.69, 9.17) is 4.74 Å². The van der Waals surface area contributed by atoms with Crippen molar-refractivity contribution in [3.8, 4) is 17.4 Å². The van der Waals surface area contributed by atoms with E-state index in [9.17, 15) is 4.39 Å². The number of nitrogens with zero attached hydrogens (tertiary/aromatic N) is 2. The van der Waals surface area contributed by atoms with Crippen LogP contribution in [0.25, 0.3) is 11.4 Å². The summed E-state index contributed by atoms with van der Waals surface area (Å²) >= 11 is 0. The molecular weight excluding hydrogens is 185 g/mol. The molecule has 0 atom stereocenters. The number of rotatable bonds is 2. The number of hydrogen-bond acceptors (Lipinski definition) is 3. The Morgan fingerprint density at radius 1 is 1.36 bits per heavy atom. The lowest BCUT2D eigenvalue weighted by Gasteiger charge is -1.95. The smallest absolute Gasteiger partial charge is 0.335 e. The van der Waals surface area contributed by atoms with Gasteiger partial charge in [-0.25, -0.2) is 4.39 Å². The molecule has 5 heteroatoms. The standard InChI is InChI=1S/C9H8FN3O/c1-14-9-11-8(12-13-9)6-4-2-3-5-7(6)10/h2-5H,1H3,(H,11,12,13). The van der Waals surface area contributed by atoms with Gasteiger partial charge in [-0.05, 0) is 12.1 Å². The molecule has 2 aromatic rings. The zero-order valence-corrected chi connectivity index (χ0v) is 7.49. The van der Waals surface area contributed by atoms with Crippen molar-refractivity contribution >= 4 is 0 Å². The molecule has 0 amide bonds. The average Bonchev–Trinajstić information content (AvgIpc) is 2.67. The maximum absolute atomic E-state index is 13.3. The first-order valence-electron chi connectivity index (χ1n) is 4.02. The Balaban J connectivity index is 2.44. The maximum atomic E-state index is 13.3. The molecule has 0 fully saturated rings. The van der Waals surface area contributed by atoms with Crippen LogP contribution in [-0.2, 0) is 0 Å². The Labute approximate surface area is 79.7 Å². The first-order chi connectivity index (χ1) is 6.81. The molecule has 1 heterocycles. The van der Waals surface area contributed by atoms with Gasteiger partial charge in [0.2, 0.25) is 0 Å². The normalized spacial score (nSPS) is 10.1. The van der Waals surface area contributed by atoms with Crippen molar-refractivity contribution < 1.29 is 9.13 Å². The lowest BCUT2D eigenvalue weighted by molar-refractivity contribution is 0.382. The van der Waals surface area contributed by atoms with Crippen molar-refractivity contribution in [1.82, 2.24) is 15.2 Å². The van der Waals surface area contributed by atoms with Crippen molar-refractivity contribution in [3.63, 3.8) is 0 Å². The summed E-state index contributed by atoms with van der Waals surface area (Å²) in [6.45, 7) is 0. The number of halogens is 1. The molecule has 0 aliphatic heterocycles. The van der Waals surface area contributed by atoms with Crippen molar-refractivity contribution in [3.05, 3.63) is 30.1 Å². The SMILES string of the molecule is COc1n[nH]c(-c2ccccc2F)n1. The van der Waals surface area contributed by atoms with Gasteiger partial charge < -0.3 is 4.74 Å². The van der Waals surface area contributed by atoms with Crippen LogP contribution in [0.15, 0.2) is 24.3 Å². The molecule has 2 rings (SSSR count). The summed E-state index contributed by atoms with van der Waals surface area (Å²) in [5, 5.41) is 6.31. The van der Waals surface area contributed by atoms with E-state index in [2.05, 4.69) is 15.2 Å². The lowest BCUT2D eigenvalue weighted by Crippen LogP contribution is -1.86.